The van der Waals surface area contributed by atoms with Gasteiger partial charge in [0.15, 0.2) is 0 Å². The van der Waals surface area contributed by atoms with Gasteiger partial charge in [0.05, 0.1) is 36.0 Å². The van der Waals surface area contributed by atoms with Gasteiger partial charge in [-0.3, -0.25) is 13.9 Å². The molecule has 2 saturated carbocycles. The average molecular weight is 644 g/mol. The van der Waals surface area contributed by atoms with Crippen molar-refractivity contribution < 1.29 is 27.1 Å². The molecule has 5 rings (SSSR count). The Morgan fingerprint density at radius 1 is 1.14 bits per heavy atom. The van der Waals surface area contributed by atoms with Crippen molar-refractivity contribution in [3.8, 4) is 0 Å². The SMILES string of the molecule is C=C/C(=C\C)[C@H]1O[C@@H](CC(=O)N(C)C)C(=O)N([C@H](CN(c2ccccc2F)S(=O)(=O)C2CC2)C2CC2)[C@@H]1c1ccc(Cl)cc1. The number of carbonyl (C=O) groups excluding carboxylic acids is 2. The monoisotopic (exact) mass is 643 g/mol. The number of carbonyl (C=O) groups is 2. The van der Waals surface area contributed by atoms with Gasteiger partial charge >= 0.3 is 0 Å². The van der Waals surface area contributed by atoms with E-state index in [1.54, 1.807) is 43.3 Å². The fourth-order valence-electron chi connectivity index (χ4n) is 5.91. The number of hydrogen-bond acceptors (Lipinski definition) is 5. The molecule has 2 aromatic carbocycles. The van der Waals surface area contributed by atoms with Crippen LogP contribution in [0.1, 0.15) is 50.6 Å². The normalized spacial score (nSPS) is 23.3. The molecule has 0 unspecified atom stereocenters. The lowest BCUT2D eigenvalue weighted by Crippen LogP contribution is -2.61. The molecule has 0 aromatic heterocycles. The number of hydrogen-bond donors (Lipinski definition) is 0. The first-order chi connectivity index (χ1) is 21.0. The summed E-state index contributed by atoms with van der Waals surface area (Å²) in [5.41, 5.74) is 1.42. The Bertz CT molecular complexity index is 1540. The predicted octanol–water partition coefficient (Wildman–Crippen LogP) is 5.50. The van der Waals surface area contributed by atoms with Gasteiger partial charge in [-0.25, -0.2) is 12.8 Å². The number of sulfonamides is 1. The molecule has 44 heavy (non-hydrogen) atoms. The van der Waals surface area contributed by atoms with Crippen LogP contribution < -0.4 is 4.31 Å². The first kappa shape index (κ1) is 32.2. The maximum absolute atomic E-state index is 15.3. The zero-order chi connectivity index (χ0) is 31.8. The molecule has 2 aliphatic carbocycles. The third-order valence-electron chi connectivity index (χ3n) is 8.65. The molecule has 0 radical (unpaired) electrons. The zero-order valence-corrected chi connectivity index (χ0v) is 26.8. The molecule has 4 atom stereocenters. The number of anilines is 1. The molecule has 2 amide bonds. The average Bonchev–Trinajstić information content (AvgIpc) is 3.90. The molecule has 1 aliphatic heterocycles. The van der Waals surface area contributed by atoms with Crippen LogP contribution in [0.2, 0.25) is 5.02 Å². The Balaban J connectivity index is 1.66. The molecule has 3 fully saturated rings. The summed E-state index contributed by atoms with van der Waals surface area (Å²) >= 11 is 6.25. The summed E-state index contributed by atoms with van der Waals surface area (Å²) in [6.07, 6.45) is 4.09. The van der Waals surface area contributed by atoms with Crippen LogP contribution in [0.3, 0.4) is 0 Å². The molecule has 1 saturated heterocycles. The highest BCUT2D eigenvalue weighted by molar-refractivity contribution is 7.93. The molecule has 0 spiro atoms. The molecule has 8 nitrogen and oxygen atoms in total. The minimum Gasteiger partial charge on any atom is -0.357 e. The number of nitrogens with zero attached hydrogens (tertiary/aromatic N) is 3. The maximum Gasteiger partial charge on any atom is 0.253 e. The van der Waals surface area contributed by atoms with Gasteiger partial charge in [0.1, 0.15) is 18.0 Å². The molecule has 2 aromatic rings. The topological polar surface area (TPSA) is 87.2 Å². The van der Waals surface area contributed by atoms with E-state index < -0.39 is 51.3 Å². The summed E-state index contributed by atoms with van der Waals surface area (Å²) in [5.74, 6) is -1.37. The van der Waals surface area contributed by atoms with Crippen LogP contribution in [0.25, 0.3) is 0 Å². The highest BCUT2D eigenvalue weighted by Gasteiger charge is 2.52. The van der Waals surface area contributed by atoms with E-state index in [2.05, 4.69) is 6.58 Å². The summed E-state index contributed by atoms with van der Waals surface area (Å²) in [6, 6.07) is 11.6. The number of rotatable bonds is 12. The summed E-state index contributed by atoms with van der Waals surface area (Å²) in [6.45, 7) is 5.70. The van der Waals surface area contributed by atoms with Crippen LogP contribution in [0, 0.1) is 11.7 Å². The molecule has 0 N–H and O–H groups in total. The molecule has 236 valence electrons. The first-order valence-corrected chi connectivity index (χ1v) is 16.8. The fourth-order valence-corrected chi connectivity index (χ4v) is 7.91. The largest absolute Gasteiger partial charge is 0.357 e. The minimum atomic E-state index is -3.91. The number of morpholine rings is 1. The van der Waals surface area contributed by atoms with Crippen LogP contribution >= 0.6 is 11.6 Å². The maximum atomic E-state index is 15.3. The van der Waals surface area contributed by atoms with Crippen LogP contribution in [0.4, 0.5) is 10.1 Å². The second-order valence-electron chi connectivity index (χ2n) is 11.9. The summed E-state index contributed by atoms with van der Waals surface area (Å²) in [4.78, 5) is 30.6. The van der Waals surface area contributed by atoms with Crippen LogP contribution in [-0.4, -0.2) is 74.2 Å². The van der Waals surface area contributed by atoms with E-state index in [4.69, 9.17) is 16.3 Å². The van der Waals surface area contributed by atoms with Gasteiger partial charge in [-0.15, -0.1) is 0 Å². The van der Waals surface area contributed by atoms with Crippen molar-refractivity contribution >= 4 is 39.1 Å². The Labute approximate surface area is 264 Å². The molecule has 11 heteroatoms. The molecule has 3 aliphatic rings. The van der Waals surface area contributed by atoms with Crippen molar-refractivity contribution in [2.24, 2.45) is 5.92 Å². The van der Waals surface area contributed by atoms with Crippen LogP contribution in [0.15, 0.2) is 72.8 Å². The van der Waals surface area contributed by atoms with E-state index in [0.29, 0.717) is 17.9 Å². The minimum absolute atomic E-state index is 0.0286. The van der Waals surface area contributed by atoms with E-state index in [9.17, 15) is 18.0 Å². The van der Waals surface area contributed by atoms with Crippen molar-refractivity contribution in [2.45, 2.75) is 68.6 Å². The standard InChI is InChI=1S/C33H39ClFN3O5S/c1-5-21(6-2)32-31(23-13-15-24(34)16-14-23)38(33(40)29(43-32)19-30(39)36(3)4)28(22-11-12-22)20-37(44(41,42)25-17-18-25)27-10-8-7-9-26(27)35/h5-10,13-16,22,25,28-29,31-32H,1,11-12,17-20H2,2-4H3/b21-6+/t28-,29+,31-,32-/m1/s1. The van der Waals surface area contributed by atoms with Crippen molar-refractivity contribution in [3.63, 3.8) is 0 Å². The molecular weight excluding hydrogens is 605 g/mol. The predicted molar refractivity (Wildman–Crippen MR) is 169 cm³/mol. The van der Waals surface area contributed by atoms with Crippen molar-refractivity contribution in [3.05, 3.63) is 89.2 Å². The van der Waals surface area contributed by atoms with E-state index in [1.807, 2.05) is 25.1 Å². The van der Waals surface area contributed by atoms with E-state index >= 15 is 4.39 Å². The third kappa shape index (κ3) is 6.57. The number of benzene rings is 2. The van der Waals surface area contributed by atoms with Gasteiger partial charge in [-0.2, -0.15) is 0 Å². The number of halogens is 2. The lowest BCUT2D eigenvalue weighted by molar-refractivity contribution is -0.176. The quantitative estimate of drug-likeness (QED) is 0.285. The van der Waals surface area contributed by atoms with Gasteiger partial charge in [0, 0.05) is 19.1 Å². The Hall–Kier alpha value is -3.21. The van der Waals surface area contributed by atoms with E-state index in [-0.39, 0.29) is 30.5 Å². The van der Waals surface area contributed by atoms with Crippen molar-refractivity contribution in [1.82, 2.24) is 9.80 Å². The molecule has 1 heterocycles. The second-order valence-corrected chi connectivity index (χ2v) is 14.5. The smallest absolute Gasteiger partial charge is 0.253 e. The van der Waals surface area contributed by atoms with Crippen LogP contribution in [0.5, 0.6) is 0 Å². The van der Waals surface area contributed by atoms with E-state index in [1.165, 1.54) is 27.4 Å². The van der Waals surface area contributed by atoms with Gasteiger partial charge < -0.3 is 14.5 Å². The van der Waals surface area contributed by atoms with Gasteiger partial charge in [0.25, 0.3) is 5.91 Å². The van der Waals surface area contributed by atoms with E-state index in [0.717, 1.165) is 24.0 Å². The highest BCUT2D eigenvalue weighted by atomic mass is 35.5. The second kappa shape index (κ2) is 13.0. The summed E-state index contributed by atoms with van der Waals surface area (Å²) in [5, 5.41) is -0.0765. The molecule has 0 bridgehead atoms. The van der Waals surface area contributed by atoms with Gasteiger partial charge in [-0.1, -0.05) is 54.6 Å². The Morgan fingerprint density at radius 2 is 1.80 bits per heavy atom. The third-order valence-corrected chi connectivity index (χ3v) is 11.2. The van der Waals surface area contributed by atoms with Crippen molar-refractivity contribution in [1.29, 1.82) is 0 Å². The number of ether oxygens (including phenoxy) is 1. The van der Waals surface area contributed by atoms with Crippen molar-refractivity contribution in [2.75, 3.05) is 24.9 Å². The summed E-state index contributed by atoms with van der Waals surface area (Å²) < 4.78 is 50.7. The number of amides is 2. The number of allylic oxidation sites excluding steroid dienone is 1. The first-order valence-electron chi connectivity index (χ1n) is 15.0. The Kier molecular flexibility index (Phi) is 9.53. The zero-order valence-electron chi connectivity index (χ0n) is 25.2. The lowest BCUT2D eigenvalue weighted by Gasteiger charge is -2.49. The van der Waals surface area contributed by atoms with Crippen LogP contribution in [-0.2, 0) is 24.3 Å². The summed E-state index contributed by atoms with van der Waals surface area (Å²) in [7, 11) is -0.681. The Morgan fingerprint density at radius 3 is 2.34 bits per heavy atom. The van der Waals surface area contributed by atoms with Gasteiger partial charge in [0.2, 0.25) is 15.9 Å². The molecular formula is C33H39ClFN3O5S. The lowest BCUT2D eigenvalue weighted by atomic mass is 9.88. The fraction of sp³-hybridized carbons (Fsp3) is 0.455. The highest BCUT2D eigenvalue weighted by Crippen LogP contribution is 2.46. The van der Waals surface area contributed by atoms with Gasteiger partial charge in [-0.05, 0) is 73.9 Å². The number of para-hydroxylation sites is 1.